The molecule has 7 atom stereocenters. The number of amides is 2. The molecule has 3 aliphatic carbocycles. The Morgan fingerprint density at radius 1 is 1.06 bits per heavy atom. The quantitative estimate of drug-likeness (QED) is 0.638. The van der Waals surface area contributed by atoms with Gasteiger partial charge in [-0.25, -0.2) is 13.2 Å². The van der Waals surface area contributed by atoms with Gasteiger partial charge in [0.05, 0.1) is 5.69 Å². The first-order chi connectivity index (χ1) is 15.6. The number of halogens is 3. The number of carbonyl (C=O) groups excluding carboxylic acids is 2. The molecule has 1 heterocycles. The van der Waals surface area contributed by atoms with Crippen LogP contribution in [0.25, 0.3) is 0 Å². The summed E-state index contributed by atoms with van der Waals surface area (Å²) in [7, 11) is 1.70. The normalized spacial score (nSPS) is 39.9. The van der Waals surface area contributed by atoms with Gasteiger partial charge in [-0.1, -0.05) is 13.8 Å². The first-order valence-corrected chi connectivity index (χ1v) is 12.0. The van der Waals surface area contributed by atoms with Crippen LogP contribution in [0.5, 0.6) is 0 Å². The molecule has 33 heavy (non-hydrogen) atoms. The van der Waals surface area contributed by atoms with Gasteiger partial charge in [-0.05, 0) is 79.9 Å². The van der Waals surface area contributed by atoms with E-state index in [1.807, 2.05) is 0 Å². The Morgan fingerprint density at radius 3 is 2.55 bits per heavy atom. The number of benzene rings is 1. The van der Waals surface area contributed by atoms with Crippen molar-refractivity contribution in [3.63, 3.8) is 0 Å². The Hall–Kier alpha value is -2.31. The Kier molecular flexibility index (Phi) is 5.18. The number of hydrogen-bond donors (Lipinski definition) is 1. The Balaban J connectivity index is 1.39. The van der Waals surface area contributed by atoms with Crippen molar-refractivity contribution in [2.45, 2.75) is 58.4 Å². The van der Waals surface area contributed by atoms with E-state index in [2.05, 4.69) is 19.2 Å². The van der Waals surface area contributed by atoms with Crippen LogP contribution in [0, 0.1) is 46.1 Å². The van der Waals surface area contributed by atoms with Crippen molar-refractivity contribution in [1.82, 2.24) is 4.90 Å². The van der Waals surface area contributed by atoms with Crippen LogP contribution in [0.15, 0.2) is 30.1 Å². The molecule has 178 valence electrons. The molecule has 1 aromatic rings. The largest absolute Gasteiger partial charge is 0.336 e. The predicted molar refractivity (Wildman–Crippen MR) is 119 cm³/mol. The lowest BCUT2D eigenvalue weighted by Crippen LogP contribution is -2.60. The standard InChI is InChI=1S/C26H31F3N2O2/c1-25-11-10-17-15(5-9-22-26(17,2)13-20(29)24(33)31(22)3)16(25)6-7-18(25)23(32)30-21-8-4-14(27)12-19(21)28/h4,8,12-13,15-18,22H,5-7,9-11H2,1-3H3,(H,30,32)/t15-,16-,17+,18?,22?,25-,26+/m0/s1. The van der Waals surface area contributed by atoms with E-state index in [-0.39, 0.29) is 34.9 Å². The molecule has 1 aromatic carbocycles. The Morgan fingerprint density at radius 2 is 1.82 bits per heavy atom. The first-order valence-electron chi connectivity index (χ1n) is 12.0. The summed E-state index contributed by atoms with van der Waals surface area (Å²) in [4.78, 5) is 27.0. The van der Waals surface area contributed by atoms with Crippen molar-refractivity contribution in [1.29, 1.82) is 0 Å². The highest BCUT2D eigenvalue weighted by molar-refractivity contribution is 5.93. The third-order valence-corrected chi connectivity index (χ3v) is 9.66. The fraction of sp³-hybridized carbons (Fsp3) is 0.615. The lowest BCUT2D eigenvalue weighted by Gasteiger charge is -2.60. The third-order valence-electron chi connectivity index (χ3n) is 9.66. The maximum absolute atomic E-state index is 14.5. The second kappa shape index (κ2) is 7.60. The van der Waals surface area contributed by atoms with Gasteiger partial charge in [-0.2, -0.15) is 0 Å². The second-order valence-electron chi connectivity index (χ2n) is 11.0. The van der Waals surface area contributed by atoms with Crippen LogP contribution < -0.4 is 5.32 Å². The zero-order valence-electron chi connectivity index (χ0n) is 19.3. The summed E-state index contributed by atoms with van der Waals surface area (Å²) in [6.07, 6.45) is 6.69. The minimum absolute atomic E-state index is 0.00273. The van der Waals surface area contributed by atoms with Gasteiger partial charge < -0.3 is 10.2 Å². The number of carbonyl (C=O) groups is 2. The van der Waals surface area contributed by atoms with Crippen molar-refractivity contribution in [3.8, 4) is 0 Å². The third kappa shape index (κ3) is 3.25. The van der Waals surface area contributed by atoms with Gasteiger partial charge >= 0.3 is 0 Å². The minimum Gasteiger partial charge on any atom is -0.336 e. The van der Waals surface area contributed by atoms with E-state index < -0.39 is 28.8 Å². The van der Waals surface area contributed by atoms with E-state index in [0.29, 0.717) is 11.8 Å². The molecule has 7 heteroatoms. The summed E-state index contributed by atoms with van der Waals surface area (Å²) in [6, 6.07) is 3.17. The smallest absolute Gasteiger partial charge is 0.282 e. The molecule has 5 rings (SSSR count). The number of nitrogens with zero attached hydrogens (tertiary/aromatic N) is 1. The fourth-order valence-corrected chi connectivity index (χ4v) is 8.07. The van der Waals surface area contributed by atoms with E-state index in [1.54, 1.807) is 18.0 Å². The van der Waals surface area contributed by atoms with Crippen LogP contribution >= 0.6 is 0 Å². The van der Waals surface area contributed by atoms with E-state index in [4.69, 9.17) is 0 Å². The number of nitrogens with one attached hydrogen (secondary N) is 1. The SMILES string of the molecule is CN1C(=O)C(F)=C[C@@]2(C)C1CC[C@@H]1[C@H]2CC[C@]2(C)C(C(=O)Nc3ccc(F)cc3F)CC[C@@H]12. The molecule has 0 aromatic heterocycles. The summed E-state index contributed by atoms with van der Waals surface area (Å²) in [5, 5.41) is 2.69. The van der Waals surface area contributed by atoms with E-state index in [1.165, 1.54) is 6.07 Å². The number of fused-ring (bicyclic) bond motifs is 5. The van der Waals surface area contributed by atoms with Gasteiger partial charge in [-0.3, -0.25) is 9.59 Å². The van der Waals surface area contributed by atoms with Crippen molar-refractivity contribution in [2.24, 2.45) is 34.5 Å². The van der Waals surface area contributed by atoms with Crippen LogP contribution in [-0.2, 0) is 9.59 Å². The molecule has 0 bridgehead atoms. The molecule has 2 amide bonds. The highest BCUT2D eigenvalue weighted by Crippen LogP contribution is 2.65. The van der Waals surface area contributed by atoms with E-state index >= 15 is 0 Å². The van der Waals surface area contributed by atoms with Crippen LogP contribution in [0.3, 0.4) is 0 Å². The van der Waals surface area contributed by atoms with Crippen molar-refractivity contribution < 1.29 is 22.8 Å². The molecule has 3 fully saturated rings. The molecule has 0 radical (unpaired) electrons. The zero-order valence-corrected chi connectivity index (χ0v) is 19.3. The zero-order chi connectivity index (χ0) is 23.7. The highest BCUT2D eigenvalue weighted by Gasteiger charge is 2.62. The van der Waals surface area contributed by atoms with Crippen LogP contribution in [0.4, 0.5) is 18.9 Å². The topological polar surface area (TPSA) is 49.4 Å². The van der Waals surface area contributed by atoms with Crippen molar-refractivity contribution >= 4 is 17.5 Å². The second-order valence-corrected chi connectivity index (χ2v) is 11.0. The van der Waals surface area contributed by atoms with Crippen LogP contribution in [-0.4, -0.2) is 29.8 Å². The molecule has 2 unspecified atom stereocenters. The molecular weight excluding hydrogens is 429 g/mol. The van der Waals surface area contributed by atoms with Gasteiger partial charge in [-0.15, -0.1) is 0 Å². The number of hydrogen-bond acceptors (Lipinski definition) is 2. The van der Waals surface area contributed by atoms with Gasteiger partial charge in [0.1, 0.15) is 11.6 Å². The monoisotopic (exact) mass is 460 g/mol. The number of rotatable bonds is 2. The average Bonchev–Trinajstić information content (AvgIpc) is 3.11. The molecular formula is C26H31F3N2O2. The summed E-state index contributed by atoms with van der Waals surface area (Å²) in [5.41, 5.74) is -0.622. The molecule has 1 N–H and O–H groups in total. The lowest BCUT2D eigenvalue weighted by atomic mass is 9.47. The summed E-state index contributed by atoms with van der Waals surface area (Å²) in [5.74, 6) is -2.16. The molecule has 4 aliphatic rings. The molecule has 1 aliphatic heterocycles. The van der Waals surface area contributed by atoms with Gasteiger partial charge in [0.25, 0.3) is 5.91 Å². The minimum atomic E-state index is -0.775. The van der Waals surface area contributed by atoms with Crippen molar-refractivity contribution in [2.75, 3.05) is 12.4 Å². The molecule has 0 saturated heterocycles. The maximum Gasteiger partial charge on any atom is 0.282 e. The average molecular weight is 461 g/mol. The number of anilines is 1. The molecule has 3 saturated carbocycles. The predicted octanol–water partition coefficient (Wildman–Crippen LogP) is 5.46. The maximum atomic E-state index is 14.5. The van der Waals surface area contributed by atoms with Gasteiger partial charge in [0.2, 0.25) is 5.91 Å². The van der Waals surface area contributed by atoms with E-state index in [0.717, 1.165) is 50.7 Å². The summed E-state index contributed by atoms with van der Waals surface area (Å²) in [6.45, 7) is 4.27. The van der Waals surface area contributed by atoms with Crippen LogP contribution in [0.1, 0.15) is 52.4 Å². The van der Waals surface area contributed by atoms with Gasteiger partial charge in [0, 0.05) is 30.5 Å². The summed E-state index contributed by atoms with van der Waals surface area (Å²) < 4.78 is 41.9. The van der Waals surface area contributed by atoms with E-state index in [9.17, 15) is 22.8 Å². The van der Waals surface area contributed by atoms with Crippen LogP contribution in [0.2, 0.25) is 0 Å². The van der Waals surface area contributed by atoms with Gasteiger partial charge in [0.15, 0.2) is 5.83 Å². The lowest BCUT2D eigenvalue weighted by molar-refractivity contribution is -0.144. The molecule has 4 nitrogen and oxygen atoms in total. The Bertz CT molecular complexity index is 1040. The summed E-state index contributed by atoms with van der Waals surface area (Å²) >= 11 is 0. The van der Waals surface area contributed by atoms with Crippen molar-refractivity contribution in [3.05, 3.63) is 41.7 Å². The highest BCUT2D eigenvalue weighted by atomic mass is 19.1. The fourth-order valence-electron chi connectivity index (χ4n) is 8.07. The molecule has 0 spiro atoms. The Labute approximate surface area is 192 Å². The first kappa shape index (κ1) is 22.5. The number of likely N-dealkylation sites (N-methyl/N-ethyl adjacent to an activating group) is 1.